The van der Waals surface area contributed by atoms with Gasteiger partial charge in [-0.2, -0.15) is 0 Å². The Morgan fingerprint density at radius 3 is 2.28 bits per heavy atom. The van der Waals surface area contributed by atoms with Gasteiger partial charge in [0.2, 0.25) is 0 Å². The van der Waals surface area contributed by atoms with Crippen molar-refractivity contribution in [3.05, 3.63) is 24.3 Å². The second-order valence-corrected chi connectivity index (χ2v) is 5.86. The van der Waals surface area contributed by atoms with Crippen LogP contribution in [0.3, 0.4) is 0 Å². The lowest BCUT2D eigenvalue weighted by atomic mass is 9.95. The molecular weight excluding hydrogens is 228 g/mol. The first-order chi connectivity index (χ1) is 8.08. The molecule has 0 radical (unpaired) electrons. The zero-order valence-corrected chi connectivity index (χ0v) is 12.1. The molecule has 18 heavy (non-hydrogen) atoms. The van der Waals surface area contributed by atoms with E-state index in [0.717, 1.165) is 18.4 Å². The molecule has 0 spiro atoms. The number of aliphatic hydroxyl groups is 3. The third-order valence-electron chi connectivity index (χ3n) is 3.21. The average molecular weight is 256 g/mol. The van der Waals surface area contributed by atoms with E-state index in [-0.39, 0.29) is 0 Å². The number of hydrogen-bond acceptors (Lipinski definition) is 3. The minimum Gasteiger partial charge on any atom is -0.390 e. The Bertz CT molecular complexity index is 285. The van der Waals surface area contributed by atoms with E-state index in [0.29, 0.717) is 12.8 Å². The van der Waals surface area contributed by atoms with Crippen LogP contribution in [0.5, 0.6) is 0 Å². The fraction of sp³-hybridized carbons (Fsp3) is 0.733. The highest BCUT2D eigenvalue weighted by atomic mass is 16.3. The molecule has 0 bridgehead atoms. The molecule has 0 saturated carbocycles. The summed E-state index contributed by atoms with van der Waals surface area (Å²) < 4.78 is 0. The summed E-state index contributed by atoms with van der Waals surface area (Å²) in [6.45, 7) is 10.5. The molecule has 0 fully saturated rings. The summed E-state index contributed by atoms with van der Waals surface area (Å²) in [5, 5.41) is 29.0. The molecule has 0 aliphatic rings. The second-order valence-electron chi connectivity index (χ2n) is 5.86. The summed E-state index contributed by atoms with van der Waals surface area (Å²) in [5.41, 5.74) is -0.700. The number of rotatable bonds is 8. The minimum atomic E-state index is -1.05. The zero-order valence-electron chi connectivity index (χ0n) is 12.1. The SMILES string of the molecule is C=C[C@](C)(O)CC/C=C(\C)CC[C@H](O)C(C)(C)O. The van der Waals surface area contributed by atoms with E-state index in [9.17, 15) is 15.3 Å². The van der Waals surface area contributed by atoms with Crippen LogP contribution in [0.15, 0.2) is 24.3 Å². The van der Waals surface area contributed by atoms with Gasteiger partial charge >= 0.3 is 0 Å². The highest BCUT2D eigenvalue weighted by Crippen LogP contribution is 2.18. The molecule has 3 N–H and O–H groups in total. The summed E-state index contributed by atoms with van der Waals surface area (Å²) in [6.07, 6.45) is 5.62. The van der Waals surface area contributed by atoms with Crippen molar-refractivity contribution in [2.75, 3.05) is 0 Å². The van der Waals surface area contributed by atoms with Gasteiger partial charge in [0.25, 0.3) is 0 Å². The normalized spacial score (nSPS) is 18.3. The van der Waals surface area contributed by atoms with Gasteiger partial charge in [0.15, 0.2) is 0 Å². The van der Waals surface area contributed by atoms with Crippen molar-refractivity contribution < 1.29 is 15.3 Å². The molecule has 0 rings (SSSR count). The first-order valence-corrected chi connectivity index (χ1v) is 6.50. The topological polar surface area (TPSA) is 60.7 Å². The maximum atomic E-state index is 9.74. The molecular formula is C15H28O3. The summed E-state index contributed by atoms with van der Waals surface area (Å²) in [5.74, 6) is 0. The van der Waals surface area contributed by atoms with Gasteiger partial charge in [-0.1, -0.05) is 17.7 Å². The maximum absolute atomic E-state index is 9.74. The van der Waals surface area contributed by atoms with Gasteiger partial charge in [-0.3, -0.25) is 0 Å². The van der Waals surface area contributed by atoms with E-state index in [1.165, 1.54) is 0 Å². The van der Waals surface area contributed by atoms with Gasteiger partial charge < -0.3 is 15.3 Å². The van der Waals surface area contributed by atoms with Crippen LogP contribution < -0.4 is 0 Å². The van der Waals surface area contributed by atoms with Crippen LogP contribution in [0, 0.1) is 0 Å². The molecule has 2 atom stereocenters. The van der Waals surface area contributed by atoms with Gasteiger partial charge in [-0.25, -0.2) is 0 Å². The highest BCUT2D eigenvalue weighted by molar-refractivity contribution is 5.01. The second kappa shape index (κ2) is 7.07. The summed E-state index contributed by atoms with van der Waals surface area (Å²) in [7, 11) is 0. The lowest BCUT2D eigenvalue weighted by Crippen LogP contribution is -2.35. The smallest absolute Gasteiger partial charge is 0.0849 e. The van der Waals surface area contributed by atoms with Crippen LogP contribution in [0.25, 0.3) is 0 Å². The van der Waals surface area contributed by atoms with Crippen LogP contribution in [-0.2, 0) is 0 Å². The molecule has 0 aromatic rings. The van der Waals surface area contributed by atoms with Gasteiger partial charge in [0.05, 0.1) is 17.3 Å². The molecule has 0 heterocycles. The fourth-order valence-corrected chi connectivity index (χ4v) is 1.53. The average Bonchev–Trinajstić information content (AvgIpc) is 2.24. The molecule has 3 heteroatoms. The lowest BCUT2D eigenvalue weighted by Gasteiger charge is -2.24. The summed E-state index contributed by atoms with van der Waals surface area (Å²) in [4.78, 5) is 0. The predicted molar refractivity (Wildman–Crippen MR) is 75.4 cm³/mol. The van der Waals surface area contributed by atoms with E-state index < -0.39 is 17.3 Å². The molecule has 0 aliphatic heterocycles. The van der Waals surface area contributed by atoms with Crippen molar-refractivity contribution >= 4 is 0 Å². The minimum absolute atomic E-state index is 0.545. The Morgan fingerprint density at radius 2 is 1.83 bits per heavy atom. The Kier molecular flexibility index (Phi) is 6.82. The maximum Gasteiger partial charge on any atom is 0.0849 e. The van der Waals surface area contributed by atoms with E-state index in [1.807, 2.05) is 6.92 Å². The quantitative estimate of drug-likeness (QED) is 0.585. The lowest BCUT2D eigenvalue weighted by molar-refractivity contribution is -0.0509. The van der Waals surface area contributed by atoms with Crippen molar-refractivity contribution in [1.29, 1.82) is 0 Å². The predicted octanol–water partition coefficient (Wildman–Crippen LogP) is 2.56. The van der Waals surface area contributed by atoms with Gasteiger partial charge in [0.1, 0.15) is 0 Å². The molecule has 0 unspecified atom stereocenters. The van der Waals surface area contributed by atoms with Gasteiger partial charge in [-0.15, -0.1) is 6.58 Å². The van der Waals surface area contributed by atoms with E-state index in [2.05, 4.69) is 12.7 Å². The Balaban J connectivity index is 4.03. The monoisotopic (exact) mass is 256 g/mol. The number of aliphatic hydroxyl groups excluding tert-OH is 1. The molecule has 0 aromatic carbocycles. The number of allylic oxidation sites excluding steroid dienone is 2. The molecule has 0 amide bonds. The van der Waals surface area contributed by atoms with Crippen LogP contribution >= 0.6 is 0 Å². The number of hydrogen-bond donors (Lipinski definition) is 3. The van der Waals surface area contributed by atoms with Crippen LogP contribution in [0.2, 0.25) is 0 Å². The van der Waals surface area contributed by atoms with Crippen LogP contribution in [0.4, 0.5) is 0 Å². The third-order valence-corrected chi connectivity index (χ3v) is 3.21. The van der Waals surface area contributed by atoms with Crippen molar-refractivity contribution in [3.8, 4) is 0 Å². The molecule has 0 aromatic heterocycles. The first kappa shape index (κ1) is 17.4. The molecule has 0 saturated heterocycles. The van der Waals surface area contributed by atoms with Crippen molar-refractivity contribution in [2.24, 2.45) is 0 Å². The molecule has 3 nitrogen and oxygen atoms in total. The third kappa shape index (κ3) is 7.64. The zero-order chi connectivity index (χ0) is 14.4. The van der Waals surface area contributed by atoms with Crippen LogP contribution in [-0.4, -0.2) is 32.6 Å². The Labute approximate surface area is 111 Å². The van der Waals surface area contributed by atoms with Gasteiger partial charge in [0, 0.05) is 0 Å². The standard InChI is InChI=1S/C15H28O3/c1-6-15(5,18)11-7-8-12(2)9-10-13(16)14(3,4)17/h6,8,13,16-18H,1,7,9-11H2,2-5H3/b12-8+/t13-,15-/m0/s1. The van der Waals surface area contributed by atoms with E-state index in [4.69, 9.17) is 0 Å². The summed E-state index contributed by atoms with van der Waals surface area (Å²) in [6, 6.07) is 0. The first-order valence-electron chi connectivity index (χ1n) is 6.50. The molecule has 0 aliphatic carbocycles. The largest absolute Gasteiger partial charge is 0.390 e. The van der Waals surface area contributed by atoms with E-state index in [1.54, 1.807) is 26.8 Å². The Morgan fingerprint density at radius 1 is 1.28 bits per heavy atom. The van der Waals surface area contributed by atoms with E-state index >= 15 is 0 Å². The summed E-state index contributed by atoms with van der Waals surface area (Å²) >= 11 is 0. The van der Waals surface area contributed by atoms with Crippen LogP contribution in [0.1, 0.15) is 53.4 Å². The highest BCUT2D eigenvalue weighted by Gasteiger charge is 2.23. The van der Waals surface area contributed by atoms with Crippen molar-refractivity contribution in [1.82, 2.24) is 0 Å². The fourth-order valence-electron chi connectivity index (χ4n) is 1.53. The Hall–Kier alpha value is -0.640. The van der Waals surface area contributed by atoms with Crippen molar-refractivity contribution in [3.63, 3.8) is 0 Å². The van der Waals surface area contributed by atoms with Crippen molar-refractivity contribution in [2.45, 2.75) is 70.7 Å². The van der Waals surface area contributed by atoms with Gasteiger partial charge in [-0.05, 0) is 53.4 Å². The molecule has 106 valence electrons.